The van der Waals surface area contributed by atoms with E-state index in [1.54, 1.807) is 13.1 Å². The molecule has 4 nitrogen and oxygen atoms in total. The smallest absolute Gasteiger partial charge is 0.354 e. The molecule has 28 heavy (non-hydrogen) atoms. The first kappa shape index (κ1) is 23.8. The van der Waals surface area contributed by atoms with Crippen LogP contribution in [0.4, 0.5) is 13.2 Å². The van der Waals surface area contributed by atoms with E-state index >= 15 is 0 Å². The lowest BCUT2D eigenvalue weighted by molar-refractivity contribution is -0.137. The lowest BCUT2D eigenvalue weighted by Crippen LogP contribution is -2.42. The van der Waals surface area contributed by atoms with Gasteiger partial charge in [-0.3, -0.25) is 4.99 Å². The molecular weight excluding hydrogens is 365 g/mol. The zero-order valence-corrected chi connectivity index (χ0v) is 17.2. The monoisotopic (exact) mass is 396 g/mol. The first-order valence-electron chi connectivity index (χ1n) is 9.65. The molecule has 1 aromatic carbocycles. The van der Waals surface area contributed by atoms with Gasteiger partial charge in [0.15, 0.2) is 5.96 Å². The summed E-state index contributed by atoms with van der Waals surface area (Å²) in [4.78, 5) is 6.55. The highest BCUT2D eigenvalue weighted by atomic mass is 19.4. The van der Waals surface area contributed by atoms with Crippen LogP contribution in [-0.4, -0.2) is 50.1 Å². The Hall–Kier alpha value is -2.20. The van der Waals surface area contributed by atoms with Crippen LogP contribution in [0.1, 0.15) is 44.7 Å². The molecule has 0 aromatic heterocycles. The highest BCUT2D eigenvalue weighted by Crippen LogP contribution is 2.29. The number of alkyl halides is 3. The lowest BCUT2D eigenvalue weighted by atomic mass is 10.1. The first-order chi connectivity index (χ1) is 13.3. The molecule has 0 saturated carbocycles. The predicted octanol–water partition coefficient (Wildman–Crippen LogP) is 3.73. The van der Waals surface area contributed by atoms with E-state index in [1.807, 2.05) is 0 Å². The fourth-order valence-corrected chi connectivity index (χ4v) is 2.71. The largest absolute Gasteiger partial charge is 0.416 e. The molecule has 0 amide bonds. The summed E-state index contributed by atoms with van der Waals surface area (Å²) in [5.41, 5.74) is -0.354. The summed E-state index contributed by atoms with van der Waals surface area (Å²) in [7, 11) is 1.68. The van der Waals surface area contributed by atoms with Gasteiger partial charge in [0.05, 0.1) is 12.1 Å². The molecule has 0 heterocycles. The maximum absolute atomic E-state index is 12.7. The maximum Gasteiger partial charge on any atom is 0.416 e. The Morgan fingerprint density at radius 3 is 2.57 bits per heavy atom. The fourth-order valence-electron chi connectivity index (χ4n) is 2.71. The van der Waals surface area contributed by atoms with Gasteiger partial charge < -0.3 is 15.5 Å². The molecule has 0 aliphatic heterocycles. The molecule has 156 valence electrons. The number of aliphatic imine (C=N–C) groups is 1. The van der Waals surface area contributed by atoms with Gasteiger partial charge in [0.2, 0.25) is 0 Å². The minimum Gasteiger partial charge on any atom is -0.354 e. The number of halogens is 3. The molecule has 0 aliphatic rings. The van der Waals surface area contributed by atoms with E-state index in [2.05, 4.69) is 53.1 Å². The standard InChI is InChI=1S/C21H31F3N4/c1-5-28(6-2)15-9-10-17(3)27-20(25-4)26-14-8-12-18-11-7-13-19(16-18)21(22,23)24/h7,11,13,16-17H,5-6,9-10,14-15H2,1-4H3,(H2,25,26,27). The minimum absolute atomic E-state index is 0.262. The van der Waals surface area contributed by atoms with Gasteiger partial charge in [-0.05, 0) is 57.6 Å². The zero-order chi connectivity index (χ0) is 21.0. The molecule has 1 unspecified atom stereocenters. The van der Waals surface area contributed by atoms with Crippen molar-refractivity contribution in [3.05, 3.63) is 35.4 Å². The predicted molar refractivity (Wildman–Crippen MR) is 109 cm³/mol. The molecule has 0 radical (unpaired) electrons. The van der Waals surface area contributed by atoms with Crippen LogP contribution < -0.4 is 10.6 Å². The second-order valence-corrected chi connectivity index (χ2v) is 6.52. The third-order valence-corrected chi connectivity index (χ3v) is 4.38. The van der Waals surface area contributed by atoms with E-state index in [0.29, 0.717) is 18.1 Å². The van der Waals surface area contributed by atoms with Gasteiger partial charge in [-0.25, -0.2) is 0 Å². The Kier molecular flexibility index (Phi) is 10.5. The van der Waals surface area contributed by atoms with Crippen LogP contribution in [-0.2, 0) is 6.18 Å². The molecule has 0 fully saturated rings. The van der Waals surface area contributed by atoms with Crippen molar-refractivity contribution in [3.63, 3.8) is 0 Å². The second-order valence-electron chi connectivity index (χ2n) is 6.52. The van der Waals surface area contributed by atoms with Crippen molar-refractivity contribution in [2.75, 3.05) is 33.2 Å². The topological polar surface area (TPSA) is 39.7 Å². The van der Waals surface area contributed by atoms with Crippen LogP contribution in [0.2, 0.25) is 0 Å². The van der Waals surface area contributed by atoms with Crippen molar-refractivity contribution in [3.8, 4) is 11.8 Å². The van der Waals surface area contributed by atoms with E-state index in [4.69, 9.17) is 0 Å². The Bertz CT molecular complexity index is 670. The molecule has 1 rings (SSSR count). The van der Waals surface area contributed by atoms with Crippen molar-refractivity contribution < 1.29 is 13.2 Å². The summed E-state index contributed by atoms with van der Waals surface area (Å²) < 4.78 is 38.1. The molecule has 1 atom stereocenters. The van der Waals surface area contributed by atoms with Crippen LogP contribution in [0.3, 0.4) is 0 Å². The number of nitrogens with one attached hydrogen (secondary N) is 2. The van der Waals surface area contributed by atoms with Crippen molar-refractivity contribution >= 4 is 5.96 Å². The number of hydrogen-bond acceptors (Lipinski definition) is 2. The average Bonchev–Trinajstić information content (AvgIpc) is 2.67. The van der Waals surface area contributed by atoms with Gasteiger partial charge >= 0.3 is 6.18 Å². The number of guanidine groups is 1. The third kappa shape index (κ3) is 9.14. The Balaban J connectivity index is 2.44. The van der Waals surface area contributed by atoms with E-state index in [1.165, 1.54) is 6.07 Å². The van der Waals surface area contributed by atoms with Crippen molar-refractivity contribution in [1.82, 2.24) is 15.5 Å². The van der Waals surface area contributed by atoms with E-state index in [9.17, 15) is 13.2 Å². The van der Waals surface area contributed by atoms with Gasteiger partial charge in [-0.1, -0.05) is 31.8 Å². The number of nitrogens with zero attached hydrogens (tertiary/aromatic N) is 2. The molecule has 2 N–H and O–H groups in total. The molecular formula is C21H31F3N4. The normalized spacial score (nSPS) is 13.1. The molecule has 7 heteroatoms. The molecule has 0 bridgehead atoms. The number of rotatable bonds is 8. The SMILES string of the molecule is CCN(CC)CCCC(C)NC(=NC)NCC#Cc1cccc(C(F)(F)F)c1. The average molecular weight is 397 g/mol. The number of benzene rings is 1. The molecule has 1 aromatic rings. The zero-order valence-electron chi connectivity index (χ0n) is 17.2. The number of hydrogen-bond donors (Lipinski definition) is 2. The lowest BCUT2D eigenvalue weighted by Gasteiger charge is -2.20. The van der Waals surface area contributed by atoms with Crippen molar-refractivity contribution in [2.24, 2.45) is 4.99 Å². The summed E-state index contributed by atoms with van der Waals surface area (Å²) >= 11 is 0. The van der Waals surface area contributed by atoms with E-state index < -0.39 is 11.7 Å². The van der Waals surface area contributed by atoms with Gasteiger partial charge in [0, 0.05) is 18.7 Å². The fraction of sp³-hybridized carbons (Fsp3) is 0.571. The highest BCUT2D eigenvalue weighted by Gasteiger charge is 2.30. The van der Waals surface area contributed by atoms with Gasteiger partial charge in [-0.15, -0.1) is 0 Å². The minimum atomic E-state index is -4.36. The Labute approximate surface area is 166 Å². The summed E-state index contributed by atoms with van der Waals surface area (Å²) in [5.74, 6) is 6.22. The summed E-state index contributed by atoms with van der Waals surface area (Å²) in [6.45, 7) is 9.92. The maximum atomic E-state index is 12.7. The highest BCUT2D eigenvalue weighted by molar-refractivity contribution is 5.80. The third-order valence-electron chi connectivity index (χ3n) is 4.38. The van der Waals surface area contributed by atoms with Crippen molar-refractivity contribution in [2.45, 2.75) is 45.8 Å². The van der Waals surface area contributed by atoms with Crippen molar-refractivity contribution in [1.29, 1.82) is 0 Å². The van der Waals surface area contributed by atoms with Gasteiger partial charge in [0.1, 0.15) is 0 Å². The van der Waals surface area contributed by atoms with Crippen LogP contribution in [0, 0.1) is 11.8 Å². The second kappa shape index (κ2) is 12.3. The Morgan fingerprint density at radius 1 is 1.25 bits per heavy atom. The van der Waals surface area contributed by atoms with Crippen LogP contribution in [0.15, 0.2) is 29.3 Å². The molecule has 0 saturated heterocycles. The van der Waals surface area contributed by atoms with Crippen LogP contribution in [0.25, 0.3) is 0 Å². The first-order valence-corrected chi connectivity index (χ1v) is 9.65. The van der Waals surface area contributed by atoms with Crippen LogP contribution >= 0.6 is 0 Å². The quantitative estimate of drug-likeness (QED) is 0.400. The molecule has 0 aliphatic carbocycles. The van der Waals surface area contributed by atoms with Crippen LogP contribution in [0.5, 0.6) is 0 Å². The van der Waals surface area contributed by atoms with Gasteiger partial charge in [-0.2, -0.15) is 13.2 Å². The molecule has 0 spiro atoms. The van der Waals surface area contributed by atoms with E-state index in [-0.39, 0.29) is 6.04 Å². The summed E-state index contributed by atoms with van der Waals surface area (Å²) in [6.07, 6.45) is -2.24. The van der Waals surface area contributed by atoms with Gasteiger partial charge in [0.25, 0.3) is 0 Å². The summed E-state index contributed by atoms with van der Waals surface area (Å²) in [5, 5.41) is 6.38. The van der Waals surface area contributed by atoms with E-state index in [0.717, 1.165) is 44.6 Å². The summed E-state index contributed by atoms with van der Waals surface area (Å²) in [6, 6.07) is 5.28. The Morgan fingerprint density at radius 2 is 1.96 bits per heavy atom.